The van der Waals surface area contributed by atoms with E-state index in [1.54, 1.807) is 0 Å². The highest BCUT2D eigenvalue weighted by Gasteiger charge is 2.34. The summed E-state index contributed by atoms with van der Waals surface area (Å²) in [7, 11) is 0. The fourth-order valence-corrected chi connectivity index (χ4v) is 6.03. The van der Waals surface area contributed by atoms with E-state index in [4.69, 9.17) is 16.3 Å². The summed E-state index contributed by atoms with van der Waals surface area (Å²) in [5, 5.41) is 14.6. The Morgan fingerprint density at radius 2 is 1.85 bits per heavy atom. The molecular weight excluding hydrogens is 514 g/mol. The summed E-state index contributed by atoms with van der Waals surface area (Å²) in [6.07, 6.45) is 2.10. The molecule has 0 saturated carbocycles. The molecule has 2 fully saturated rings. The minimum Gasteiger partial charge on any atom is -0.376 e. The van der Waals surface area contributed by atoms with Gasteiger partial charge in [0, 0.05) is 54.6 Å². The first-order chi connectivity index (χ1) is 18.9. The number of halogens is 1. The third-order valence-corrected chi connectivity index (χ3v) is 8.41. The molecule has 0 amide bonds. The van der Waals surface area contributed by atoms with Gasteiger partial charge in [0.1, 0.15) is 6.04 Å². The van der Waals surface area contributed by atoms with E-state index >= 15 is 0 Å². The summed E-state index contributed by atoms with van der Waals surface area (Å²) in [5.41, 5.74) is 6.06. The topological polar surface area (TPSA) is 92.2 Å². The summed E-state index contributed by atoms with van der Waals surface area (Å²) in [4.78, 5) is 21.4. The molecule has 204 valence electrons. The summed E-state index contributed by atoms with van der Waals surface area (Å²) >= 11 is 6.33. The molecule has 6 rings (SSSR count). The van der Waals surface area contributed by atoms with Crippen LogP contribution < -0.4 is 10.5 Å². The molecule has 0 radical (unpaired) electrons. The van der Waals surface area contributed by atoms with Crippen molar-refractivity contribution in [1.82, 2.24) is 30.1 Å². The van der Waals surface area contributed by atoms with E-state index in [9.17, 15) is 4.79 Å². The Hall–Kier alpha value is -3.27. The first-order valence-corrected chi connectivity index (χ1v) is 14.0. The molecule has 0 unspecified atom stereocenters. The number of H-pyrrole nitrogens is 1. The normalized spacial score (nSPS) is 19.2. The Labute approximate surface area is 232 Å². The third kappa shape index (κ3) is 5.18. The Balaban J connectivity index is 1.38. The SMILES string of the molecule is Cc1cc2cc([C@@H](c3nnnn3C[C@@H]3CCCO3)N3CCN(c4cc(Cl)ccc4C)CC3)c(=O)[nH]c2cc1C. The number of rotatable bonds is 6. The number of benzene rings is 2. The number of nitrogens with zero attached hydrogens (tertiary/aromatic N) is 6. The van der Waals surface area contributed by atoms with Crippen LogP contribution in [0.25, 0.3) is 10.9 Å². The molecule has 2 aliphatic rings. The van der Waals surface area contributed by atoms with Crippen LogP contribution in [0, 0.1) is 20.8 Å². The van der Waals surface area contributed by atoms with Gasteiger partial charge in [0.05, 0.1) is 12.6 Å². The number of ether oxygens (including phenoxy) is 1. The van der Waals surface area contributed by atoms with E-state index in [-0.39, 0.29) is 11.7 Å². The molecule has 2 aromatic heterocycles. The maximum atomic E-state index is 13.6. The molecule has 10 heteroatoms. The fourth-order valence-electron chi connectivity index (χ4n) is 5.86. The van der Waals surface area contributed by atoms with Gasteiger partial charge in [0.2, 0.25) is 0 Å². The number of hydrogen-bond donors (Lipinski definition) is 1. The highest BCUT2D eigenvalue weighted by molar-refractivity contribution is 6.30. The van der Waals surface area contributed by atoms with E-state index in [0.717, 1.165) is 72.8 Å². The molecule has 0 spiro atoms. The van der Waals surface area contributed by atoms with E-state index in [0.29, 0.717) is 17.9 Å². The Morgan fingerprint density at radius 3 is 2.62 bits per heavy atom. The number of aryl methyl sites for hydroxylation is 3. The number of hydrogen-bond acceptors (Lipinski definition) is 7. The van der Waals surface area contributed by atoms with Crippen LogP contribution in [-0.4, -0.2) is 69.0 Å². The second kappa shape index (κ2) is 10.7. The summed E-state index contributed by atoms with van der Waals surface area (Å²) < 4.78 is 7.72. The quantitative estimate of drug-likeness (QED) is 0.387. The molecule has 0 aliphatic carbocycles. The van der Waals surface area contributed by atoms with Crippen LogP contribution in [0.1, 0.15) is 47.0 Å². The van der Waals surface area contributed by atoms with E-state index in [2.05, 4.69) is 63.2 Å². The van der Waals surface area contributed by atoms with E-state index < -0.39 is 6.04 Å². The first kappa shape index (κ1) is 26.0. The molecule has 39 heavy (non-hydrogen) atoms. The van der Waals surface area contributed by atoms with Crippen LogP contribution in [0.15, 0.2) is 41.2 Å². The Morgan fingerprint density at radius 1 is 1.05 bits per heavy atom. The van der Waals surface area contributed by atoms with Gasteiger partial charge in [0.15, 0.2) is 5.82 Å². The molecule has 2 aliphatic heterocycles. The van der Waals surface area contributed by atoms with Crippen LogP contribution in [-0.2, 0) is 11.3 Å². The molecule has 9 nitrogen and oxygen atoms in total. The number of anilines is 1. The molecule has 4 heterocycles. The predicted molar refractivity (Wildman–Crippen MR) is 153 cm³/mol. The van der Waals surface area contributed by atoms with Gasteiger partial charge in [-0.3, -0.25) is 9.69 Å². The standard InChI is InChI=1S/C29H34ClN7O2/c1-18-6-7-22(30)16-26(18)35-8-10-36(11-9-35)27(28-32-33-34-37(28)17-23-5-4-12-39-23)24-15-21-13-19(2)20(3)14-25(21)31-29(24)38/h6-7,13-16,23,27H,4-5,8-12,17H2,1-3H3,(H,31,38)/t23-,27-/m0/s1. The summed E-state index contributed by atoms with van der Waals surface area (Å²) in [5.74, 6) is 0.673. The van der Waals surface area contributed by atoms with Gasteiger partial charge in [-0.15, -0.1) is 5.10 Å². The van der Waals surface area contributed by atoms with Crippen molar-refractivity contribution in [3.05, 3.63) is 79.9 Å². The third-order valence-electron chi connectivity index (χ3n) is 8.18. The van der Waals surface area contributed by atoms with Crippen molar-refractivity contribution >= 4 is 28.2 Å². The van der Waals surface area contributed by atoms with Gasteiger partial charge in [0.25, 0.3) is 5.56 Å². The van der Waals surface area contributed by atoms with Crippen LogP contribution >= 0.6 is 11.6 Å². The van der Waals surface area contributed by atoms with Crippen LogP contribution in [0.5, 0.6) is 0 Å². The second-order valence-corrected chi connectivity index (χ2v) is 11.2. The number of aromatic amines is 1. The number of nitrogens with one attached hydrogen (secondary N) is 1. The molecule has 0 bridgehead atoms. The van der Waals surface area contributed by atoms with Crippen LogP contribution in [0.4, 0.5) is 5.69 Å². The lowest BCUT2D eigenvalue weighted by Crippen LogP contribution is -2.49. The molecular formula is C29H34ClN7O2. The zero-order valence-electron chi connectivity index (χ0n) is 22.7. The minimum atomic E-state index is -0.390. The number of pyridine rings is 1. The van der Waals surface area contributed by atoms with Crippen LogP contribution in [0.2, 0.25) is 5.02 Å². The maximum absolute atomic E-state index is 13.6. The second-order valence-electron chi connectivity index (χ2n) is 10.8. The molecule has 2 atom stereocenters. The van der Waals surface area contributed by atoms with Crippen molar-refractivity contribution in [2.24, 2.45) is 0 Å². The highest BCUT2D eigenvalue weighted by atomic mass is 35.5. The minimum absolute atomic E-state index is 0.0797. The van der Waals surface area contributed by atoms with Gasteiger partial charge in [-0.1, -0.05) is 17.7 Å². The van der Waals surface area contributed by atoms with Gasteiger partial charge in [-0.25, -0.2) is 4.68 Å². The largest absolute Gasteiger partial charge is 0.376 e. The van der Waals surface area contributed by atoms with E-state index in [1.165, 1.54) is 11.1 Å². The van der Waals surface area contributed by atoms with Gasteiger partial charge >= 0.3 is 0 Å². The van der Waals surface area contributed by atoms with Crippen LogP contribution in [0.3, 0.4) is 0 Å². The lowest BCUT2D eigenvalue weighted by molar-refractivity contribution is 0.0906. The van der Waals surface area contributed by atoms with Crippen molar-refractivity contribution < 1.29 is 4.74 Å². The zero-order valence-corrected chi connectivity index (χ0v) is 23.4. The van der Waals surface area contributed by atoms with Gasteiger partial charge in [-0.2, -0.15) is 0 Å². The number of fused-ring (bicyclic) bond motifs is 1. The van der Waals surface area contributed by atoms with Crippen molar-refractivity contribution in [1.29, 1.82) is 0 Å². The molecule has 2 saturated heterocycles. The first-order valence-electron chi connectivity index (χ1n) is 13.6. The average molecular weight is 548 g/mol. The fraction of sp³-hybridized carbons (Fsp3) is 0.448. The highest BCUT2D eigenvalue weighted by Crippen LogP contribution is 2.31. The van der Waals surface area contributed by atoms with E-state index in [1.807, 2.05) is 28.9 Å². The Bertz CT molecular complexity index is 1550. The Kier molecular flexibility index (Phi) is 7.14. The van der Waals surface area contributed by atoms with Gasteiger partial charge < -0.3 is 14.6 Å². The van der Waals surface area contributed by atoms with Crippen molar-refractivity contribution in [2.45, 2.75) is 52.3 Å². The zero-order chi connectivity index (χ0) is 27.1. The summed E-state index contributed by atoms with van der Waals surface area (Å²) in [6.45, 7) is 10.7. The number of piperazine rings is 1. The average Bonchev–Trinajstić information content (AvgIpc) is 3.61. The molecule has 2 aromatic carbocycles. The summed E-state index contributed by atoms with van der Waals surface area (Å²) in [6, 6.07) is 11.8. The lowest BCUT2D eigenvalue weighted by atomic mass is 10.00. The maximum Gasteiger partial charge on any atom is 0.253 e. The number of aromatic nitrogens is 5. The van der Waals surface area contributed by atoms with Gasteiger partial charge in [-0.05, 0) is 96.4 Å². The lowest BCUT2D eigenvalue weighted by Gasteiger charge is -2.40. The number of tetrazole rings is 1. The van der Waals surface area contributed by atoms with Crippen molar-refractivity contribution in [2.75, 3.05) is 37.7 Å². The molecule has 4 aromatic rings. The monoisotopic (exact) mass is 547 g/mol. The van der Waals surface area contributed by atoms with Crippen molar-refractivity contribution in [3.63, 3.8) is 0 Å². The molecule has 1 N–H and O–H groups in total. The van der Waals surface area contributed by atoms with Crippen molar-refractivity contribution in [3.8, 4) is 0 Å². The predicted octanol–water partition coefficient (Wildman–Crippen LogP) is 4.18. The smallest absolute Gasteiger partial charge is 0.253 e.